The molecule has 2 aromatic carbocycles. The van der Waals surface area contributed by atoms with Gasteiger partial charge in [0.05, 0.1) is 18.5 Å². The Balaban J connectivity index is 2.21. The van der Waals surface area contributed by atoms with Crippen molar-refractivity contribution in [3.63, 3.8) is 0 Å². The number of aromatic nitrogens is 2. The van der Waals surface area contributed by atoms with Crippen molar-refractivity contribution in [2.24, 2.45) is 0 Å². The molecule has 0 radical (unpaired) electrons. The molecule has 6 nitrogen and oxygen atoms in total. The number of anilines is 1. The fourth-order valence-corrected chi connectivity index (χ4v) is 3.39. The number of nitrogens with zero attached hydrogens (tertiary/aromatic N) is 2. The van der Waals surface area contributed by atoms with E-state index < -0.39 is 0 Å². The molecule has 0 saturated carbocycles. The second kappa shape index (κ2) is 7.44. The molecule has 1 heterocycles. The van der Waals surface area contributed by atoms with Crippen molar-refractivity contribution >= 4 is 18.3 Å². The summed E-state index contributed by atoms with van der Waals surface area (Å²) in [6.45, 7) is 1.95. The van der Waals surface area contributed by atoms with E-state index in [9.17, 15) is 10.2 Å². The lowest BCUT2D eigenvalue weighted by atomic mass is 9.98. The molecule has 0 atom stereocenters. The first-order valence-electron chi connectivity index (χ1n) is 8.55. The van der Waals surface area contributed by atoms with Crippen molar-refractivity contribution < 1.29 is 14.9 Å². The van der Waals surface area contributed by atoms with Crippen molar-refractivity contribution in [3.05, 3.63) is 35.9 Å². The van der Waals surface area contributed by atoms with Gasteiger partial charge < -0.3 is 19.8 Å². The highest BCUT2D eigenvalue weighted by molar-refractivity contribution is 7.80. The molecular formula is C20H23N3O3S. The van der Waals surface area contributed by atoms with Crippen LogP contribution in [0.3, 0.4) is 0 Å². The van der Waals surface area contributed by atoms with E-state index in [0.717, 1.165) is 28.1 Å². The van der Waals surface area contributed by atoms with Crippen LogP contribution in [-0.4, -0.2) is 41.6 Å². The van der Waals surface area contributed by atoms with Gasteiger partial charge in [0, 0.05) is 31.3 Å². The summed E-state index contributed by atoms with van der Waals surface area (Å²) >= 11 is 4.50. The lowest BCUT2D eigenvalue weighted by Gasteiger charge is -2.18. The molecule has 0 unspecified atom stereocenters. The summed E-state index contributed by atoms with van der Waals surface area (Å²) in [7, 11) is 5.52. The molecule has 0 amide bonds. The summed E-state index contributed by atoms with van der Waals surface area (Å²) in [6, 6.07) is 8.94. The zero-order valence-corrected chi connectivity index (χ0v) is 16.6. The molecule has 0 saturated heterocycles. The fraction of sp³-hybridized carbons (Fsp3) is 0.250. The number of benzene rings is 2. The van der Waals surface area contributed by atoms with Gasteiger partial charge in [0.2, 0.25) is 0 Å². The van der Waals surface area contributed by atoms with Crippen LogP contribution in [0.4, 0.5) is 5.69 Å². The molecule has 0 aliphatic carbocycles. The van der Waals surface area contributed by atoms with Crippen molar-refractivity contribution in [2.45, 2.75) is 18.4 Å². The highest BCUT2D eigenvalue weighted by Crippen LogP contribution is 2.42. The highest BCUT2D eigenvalue weighted by atomic mass is 32.1. The lowest BCUT2D eigenvalue weighted by Crippen LogP contribution is -2.10. The molecule has 3 rings (SSSR count). The van der Waals surface area contributed by atoms with Crippen molar-refractivity contribution in [2.75, 3.05) is 26.1 Å². The SMILES string of the molecule is CCc1cc(-c2[nH]nc(S)c2-c2ccc(OC)c(N(C)C)c2)c(O)cc1O. The van der Waals surface area contributed by atoms with Crippen LogP contribution >= 0.6 is 12.6 Å². The van der Waals surface area contributed by atoms with Gasteiger partial charge in [-0.25, -0.2) is 0 Å². The number of phenols is 2. The van der Waals surface area contributed by atoms with Gasteiger partial charge in [-0.05, 0) is 35.7 Å². The Hall–Kier alpha value is -2.80. The zero-order chi connectivity index (χ0) is 19.7. The quantitative estimate of drug-likeness (QED) is 0.498. The molecule has 0 spiro atoms. The number of nitrogens with one attached hydrogen (secondary N) is 1. The minimum atomic E-state index is -0.0238. The third-order valence-electron chi connectivity index (χ3n) is 4.54. The smallest absolute Gasteiger partial charge is 0.142 e. The van der Waals surface area contributed by atoms with Crippen molar-refractivity contribution in [3.8, 4) is 39.6 Å². The monoisotopic (exact) mass is 385 g/mol. The molecule has 142 valence electrons. The molecule has 3 aromatic rings. The molecule has 1 aromatic heterocycles. The van der Waals surface area contributed by atoms with E-state index in [0.29, 0.717) is 22.7 Å². The van der Waals surface area contributed by atoms with Crippen LogP contribution in [0.5, 0.6) is 17.2 Å². The number of H-pyrrole nitrogens is 1. The van der Waals surface area contributed by atoms with Crippen LogP contribution in [0.1, 0.15) is 12.5 Å². The van der Waals surface area contributed by atoms with E-state index >= 15 is 0 Å². The Morgan fingerprint density at radius 1 is 1.15 bits per heavy atom. The van der Waals surface area contributed by atoms with E-state index in [1.807, 2.05) is 44.1 Å². The Labute approximate surface area is 163 Å². The Bertz CT molecular complexity index is 983. The lowest BCUT2D eigenvalue weighted by molar-refractivity contribution is 0.415. The number of aromatic hydroxyl groups is 2. The second-order valence-corrected chi connectivity index (χ2v) is 6.85. The van der Waals surface area contributed by atoms with Gasteiger partial charge in [0.25, 0.3) is 0 Å². The number of aryl methyl sites for hydroxylation is 1. The molecule has 0 fully saturated rings. The molecule has 0 aliphatic rings. The largest absolute Gasteiger partial charge is 0.508 e. The summed E-state index contributed by atoms with van der Waals surface area (Å²) < 4.78 is 5.43. The van der Waals surface area contributed by atoms with E-state index in [-0.39, 0.29) is 11.5 Å². The molecule has 0 bridgehead atoms. The topological polar surface area (TPSA) is 81.6 Å². The number of aromatic amines is 1. The summed E-state index contributed by atoms with van der Waals surface area (Å²) in [5.74, 6) is 0.810. The Morgan fingerprint density at radius 3 is 2.52 bits per heavy atom. The summed E-state index contributed by atoms with van der Waals surface area (Å²) in [4.78, 5) is 1.97. The van der Waals surface area contributed by atoms with Crippen LogP contribution in [0, 0.1) is 0 Å². The molecule has 0 aliphatic heterocycles. The van der Waals surface area contributed by atoms with Crippen LogP contribution in [0.2, 0.25) is 0 Å². The Kier molecular flexibility index (Phi) is 5.23. The maximum absolute atomic E-state index is 10.4. The van der Waals surface area contributed by atoms with E-state index in [1.54, 1.807) is 13.2 Å². The van der Waals surface area contributed by atoms with Crippen molar-refractivity contribution in [1.82, 2.24) is 10.2 Å². The summed E-state index contributed by atoms with van der Waals surface area (Å²) in [6.07, 6.45) is 0.642. The molecule has 27 heavy (non-hydrogen) atoms. The summed E-state index contributed by atoms with van der Waals surface area (Å²) in [5.41, 5.74) is 4.52. The van der Waals surface area contributed by atoms with E-state index in [4.69, 9.17) is 4.74 Å². The summed E-state index contributed by atoms with van der Waals surface area (Å²) in [5, 5.41) is 28.1. The van der Waals surface area contributed by atoms with Gasteiger partial charge in [0.15, 0.2) is 0 Å². The number of hydrogen-bond donors (Lipinski definition) is 4. The average molecular weight is 385 g/mol. The average Bonchev–Trinajstić information content (AvgIpc) is 3.02. The normalized spacial score (nSPS) is 10.9. The van der Waals surface area contributed by atoms with Crippen LogP contribution in [-0.2, 0) is 6.42 Å². The Morgan fingerprint density at radius 2 is 1.89 bits per heavy atom. The first kappa shape index (κ1) is 19.0. The molecule has 3 N–H and O–H groups in total. The van der Waals surface area contributed by atoms with Gasteiger partial charge in [-0.1, -0.05) is 13.0 Å². The van der Waals surface area contributed by atoms with Gasteiger partial charge >= 0.3 is 0 Å². The van der Waals surface area contributed by atoms with E-state index in [1.165, 1.54) is 6.07 Å². The number of hydrogen-bond acceptors (Lipinski definition) is 6. The fourth-order valence-electron chi connectivity index (χ4n) is 3.10. The predicted molar refractivity (Wildman–Crippen MR) is 110 cm³/mol. The van der Waals surface area contributed by atoms with Gasteiger partial charge in [-0.15, -0.1) is 12.6 Å². The van der Waals surface area contributed by atoms with E-state index in [2.05, 4.69) is 22.8 Å². The third kappa shape index (κ3) is 3.42. The minimum absolute atomic E-state index is 0.0238. The third-order valence-corrected chi connectivity index (χ3v) is 4.87. The zero-order valence-electron chi connectivity index (χ0n) is 15.7. The number of ether oxygens (including phenoxy) is 1. The first-order valence-corrected chi connectivity index (χ1v) is 9.00. The second-order valence-electron chi connectivity index (χ2n) is 6.43. The maximum atomic E-state index is 10.4. The van der Waals surface area contributed by atoms with Gasteiger partial charge in [-0.3, -0.25) is 5.10 Å². The first-order chi connectivity index (χ1) is 12.9. The van der Waals surface area contributed by atoms with Crippen LogP contribution in [0.15, 0.2) is 35.4 Å². The van der Waals surface area contributed by atoms with Gasteiger partial charge in [-0.2, -0.15) is 5.10 Å². The van der Waals surface area contributed by atoms with Gasteiger partial charge in [0.1, 0.15) is 22.3 Å². The molecule has 7 heteroatoms. The van der Waals surface area contributed by atoms with Crippen LogP contribution in [0.25, 0.3) is 22.4 Å². The van der Waals surface area contributed by atoms with Crippen LogP contribution < -0.4 is 9.64 Å². The number of rotatable bonds is 5. The number of thiol groups is 1. The highest BCUT2D eigenvalue weighted by Gasteiger charge is 2.20. The number of methoxy groups -OCH3 is 1. The maximum Gasteiger partial charge on any atom is 0.142 e. The van der Waals surface area contributed by atoms with Crippen molar-refractivity contribution in [1.29, 1.82) is 0 Å². The predicted octanol–water partition coefficient (Wildman–Crippen LogP) is 4.08. The standard InChI is InChI=1S/C20H23N3O3S/c1-5-11-8-13(16(25)10-15(11)24)19-18(20(27)22-21-19)12-6-7-17(26-4)14(9-12)23(2)3/h6-10,24-25H,5H2,1-4H3,(H2,21,22,27). The number of phenolic OH excluding ortho intramolecular Hbond substituents is 2. The molecular weight excluding hydrogens is 362 g/mol. The minimum Gasteiger partial charge on any atom is -0.508 e.